The predicted octanol–water partition coefficient (Wildman–Crippen LogP) is 6.12. The summed E-state index contributed by atoms with van der Waals surface area (Å²) in [6.45, 7) is 6.04. The van der Waals surface area contributed by atoms with E-state index in [1.165, 1.54) is 0 Å². The van der Waals surface area contributed by atoms with Gasteiger partial charge in [0.1, 0.15) is 0 Å². The Bertz CT molecular complexity index is 746. The number of aliphatic hydroxyl groups is 1. The van der Waals surface area contributed by atoms with E-state index in [0.717, 1.165) is 41.5 Å². The maximum Gasteiger partial charge on any atom is 0.168 e. The van der Waals surface area contributed by atoms with Crippen molar-refractivity contribution in [2.24, 2.45) is 0 Å². The molecule has 1 heteroatoms. The van der Waals surface area contributed by atoms with E-state index in [1.807, 2.05) is 86.7 Å². The van der Waals surface area contributed by atoms with Crippen molar-refractivity contribution in [2.45, 2.75) is 45.6 Å². The number of unbranched alkanes of at least 4 members (excludes halogenated alkanes) is 2. The molecule has 0 aromatic heterocycles. The molecular weight excluding hydrogens is 316 g/mol. The monoisotopic (exact) mass is 344 g/mol. The highest BCUT2D eigenvalue weighted by Gasteiger charge is 2.29. The van der Waals surface area contributed by atoms with Crippen molar-refractivity contribution in [1.29, 1.82) is 0 Å². The lowest BCUT2D eigenvalue weighted by Crippen LogP contribution is -2.29. The van der Waals surface area contributed by atoms with Gasteiger partial charge in [-0.25, -0.2) is 0 Å². The summed E-state index contributed by atoms with van der Waals surface area (Å²) in [7, 11) is 0. The van der Waals surface area contributed by atoms with Crippen molar-refractivity contribution in [3.63, 3.8) is 0 Å². The van der Waals surface area contributed by atoms with Crippen molar-refractivity contribution in [2.75, 3.05) is 0 Å². The molecular formula is C25H28O. The Morgan fingerprint density at radius 3 is 1.77 bits per heavy atom. The van der Waals surface area contributed by atoms with Crippen LogP contribution < -0.4 is 0 Å². The third kappa shape index (κ3) is 5.48. The van der Waals surface area contributed by atoms with Gasteiger partial charge in [0.15, 0.2) is 5.60 Å². The first-order valence-electron chi connectivity index (χ1n) is 9.26. The quantitative estimate of drug-likeness (QED) is 0.494. The van der Waals surface area contributed by atoms with E-state index < -0.39 is 5.60 Å². The van der Waals surface area contributed by atoms with Gasteiger partial charge in [-0.15, -0.1) is 0 Å². The van der Waals surface area contributed by atoms with Crippen LogP contribution in [-0.2, 0) is 0 Å². The van der Waals surface area contributed by atoms with E-state index >= 15 is 0 Å². The molecule has 0 saturated carbocycles. The molecule has 2 aromatic carbocycles. The van der Waals surface area contributed by atoms with E-state index in [1.54, 1.807) is 0 Å². The van der Waals surface area contributed by atoms with Gasteiger partial charge in [0.2, 0.25) is 0 Å². The Labute approximate surface area is 158 Å². The van der Waals surface area contributed by atoms with Crippen LogP contribution in [0.5, 0.6) is 0 Å². The lowest BCUT2D eigenvalue weighted by molar-refractivity contribution is 0.180. The molecule has 0 aliphatic carbocycles. The second-order valence-corrected chi connectivity index (χ2v) is 6.59. The fourth-order valence-corrected chi connectivity index (χ4v) is 2.77. The van der Waals surface area contributed by atoms with Crippen LogP contribution in [0.3, 0.4) is 0 Å². The molecule has 26 heavy (non-hydrogen) atoms. The molecule has 0 fully saturated rings. The number of benzene rings is 2. The Hall–Kier alpha value is -2.56. The van der Waals surface area contributed by atoms with Crippen LogP contribution in [0.2, 0.25) is 0 Å². The smallest absolute Gasteiger partial charge is 0.168 e. The van der Waals surface area contributed by atoms with Crippen LogP contribution in [0.25, 0.3) is 12.2 Å². The minimum Gasteiger partial charge on any atom is -0.370 e. The van der Waals surface area contributed by atoms with Gasteiger partial charge in [-0.1, -0.05) is 98.0 Å². The second kappa shape index (κ2) is 9.80. The van der Waals surface area contributed by atoms with Gasteiger partial charge in [0.05, 0.1) is 0 Å². The molecule has 1 N–H and O–H groups in total. The minimum atomic E-state index is -1.26. The van der Waals surface area contributed by atoms with Gasteiger partial charge in [-0.05, 0) is 42.5 Å². The fraction of sp³-hybridized carbons (Fsp3) is 0.280. The third-order valence-corrected chi connectivity index (χ3v) is 4.43. The minimum absolute atomic E-state index is 0.802. The average Bonchev–Trinajstić information content (AvgIpc) is 2.66. The van der Waals surface area contributed by atoms with Gasteiger partial charge in [-0.2, -0.15) is 0 Å². The van der Waals surface area contributed by atoms with Crippen molar-refractivity contribution in [3.05, 3.63) is 82.9 Å². The first-order valence-corrected chi connectivity index (χ1v) is 9.26. The van der Waals surface area contributed by atoms with Crippen LogP contribution >= 0.6 is 0 Å². The van der Waals surface area contributed by atoms with Crippen molar-refractivity contribution < 1.29 is 5.11 Å². The Kier molecular flexibility index (Phi) is 7.45. The van der Waals surface area contributed by atoms with E-state index in [9.17, 15) is 5.11 Å². The lowest BCUT2D eigenvalue weighted by Gasteiger charge is -2.25. The van der Waals surface area contributed by atoms with Crippen LogP contribution in [0.15, 0.2) is 71.8 Å². The Balaban J connectivity index is 2.42. The molecule has 0 saturated heterocycles. The van der Waals surface area contributed by atoms with Crippen molar-refractivity contribution >= 4 is 12.2 Å². The zero-order valence-corrected chi connectivity index (χ0v) is 16.0. The second-order valence-electron chi connectivity index (χ2n) is 6.59. The zero-order chi connectivity index (χ0) is 18.8. The van der Waals surface area contributed by atoms with E-state index in [-0.39, 0.29) is 0 Å². The number of hydrogen-bond donors (Lipinski definition) is 1. The summed E-state index contributed by atoms with van der Waals surface area (Å²) in [6, 6.07) is 20.1. The Morgan fingerprint density at radius 2 is 1.35 bits per heavy atom. The summed E-state index contributed by atoms with van der Waals surface area (Å²) < 4.78 is 0. The first-order chi connectivity index (χ1) is 12.6. The highest BCUT2D eigenvalue weighted by molar-refractivity contribution is 5.64. The molecule has 0 atom stereocenters. The number of rotatable bonds is 6. The average molecular weight is 344 g/mol. The topological polar surface area (TPSA) is 20.2 Å². The third-order valence-electron chi connectivity index (χ3n) is 4.43. The number of hydrogen-bond acceptors (Lipinski definition) is 1. The van der Waals surface area contributed by atoms with Gasteiger partial charge in [0.25, 0.3) is 0 Å². The molecule has 1 nitrogen and oxygen atoms in total. The van der Waals surface area contributed by atoms with Crippen molar-refractivity contribution in [3.8, 4) is 11.8 Å². The maximum atomic E-state index is 11.5. The van der Waals surface area contributed by atoms with Crippen LogP contribution in [-0.4, -0.2) is 10.7 Å². The van der Waals surface area contributed by atoms with Crippen LogP contribution in [0, 0.1) is 11.8 Å². The molecule has 2 aromatic rings. The fourth-order valence-electron chi connectivity index (χ4n) is 2.77. The summed E-state index contributed by atoms with van der Waals surface area (Å²) in [6.07, 6.45) is 6.97. The lowest BCUT2D eigenvalue weighted by atomic mass is 9.85. The normalized spacial score (nSPS) is 12.5. The molecule has 0 aliphatic heterocycles. The molecule has 0 bridgehead atoms. The van der Waals surface area contributed by atoms with E-state index in [0.29, 0.717) is 0 Å². The molecule has 0 radical (unpaired) electrons. The summed E-state index contributed by atoms with van der Waals surface area (Å²) in [5.41, 5.74) is 2.52. The largest absolute Gasteiger partial charge is 0.370 e. The first kappa shape index (κ1) is 19.8. The summed E-state index contributed by atoms with van der Waals surface area (Å²) in [5, 5.41) is 11.5. The molecule has 134 valence electrons. The molecule has 0 spiro atoms. The molecule has 0 heterocycles. The highest BCUT2D eigenvalue weighted by Crippen LogP contribution is 2.28. The summed E-state index contributed by atoms with van der Waals surface area (Å²) >= 11 is 0. The van der Waals surface area contributed by atoms with Crippen LogP contribution in [0.4, 0.5) is 0 Å². The molecule has 0 aliphatic rings. The van der Waals surface area contributed by atoms with E-state index in [4.69, 9.17) is 0 Å². The molecule has 2 rings (SSSR count). The van der Waals surface area contributed by atoms with Gasteiger partial charge in [0, 0.05) is 6.42 Å². The highest BCUT2D eigenvalue weighted by atomic mass is 16.3. The summed E-state index contributed by atoms with van der Waals surface area (Å²) in [4.78, 5) is 0. The standard InChI is InChI=1S/C25H28O/c1-4-5-6-13-18-25(26,21(2)19-23-14-9-7-10-15-23)22(3)20-24-16-11-8-12-17-24/h7-12,14-17,19-20,26H,4-6H2,1-3H3/b21-19+,22-20+. The maximum absolute atomic E-state index is 11.5. The van der Waals surface area contributed by atoms with Gasteiger partial charge >= 0.3 is 0 Å². The van der Waals surface area contributed by atoms with Crippen molar-refractivity contribution in [1.82, 2.24) is 0 Å². The van der Waals surface area contributed by atoms with Crippen LogP contribution in [0.1, 0.15) is 51.2 Å². The SMILES string of the molecule is CCCCC#CC(O)(/C(C)=C/c1ccccc1)/C(C)=C/c1ccccc1. The predicted molar refractivity (Wildman–Crippen MR) is 112 cm³/mol. The van der Waals surface area contributed by atoms with E-state index in [2.05, 4.69) is 18.8 Å². The molecule has 0 unspecified atom stereocenters. The molecule has 0 amide bonds. The zero-order valence-electron chi connectivity index (χ0n) is 16.0. The summed E-state index contributed by atoms with van der Waals surface area (Å²) in [5.74, 6) is 6.32. The van der Waals surface area contributed by atoms with Gasteiger partial charge in [-0.3, -0.25) is 0 Å². The van der Waals surface area contributed by atoms with Gasteiger partial charge < -0.3 is 5.11 Å². The Morgan fingerprint density at radius 1 is 0.885 bits per heavy atom.